The highest BCUT2D eigenvalue weighted by atomic mass is 16.5. The summed E-state index contributed by atoms with van der Waals surface area (Å²) in [4.78, 5) is 16.9. The lowest BCUT2D eigenvalue weighted by Gasteiger charge is -2.32. The second-order valence-corrected chi connectivity index (χ2v) is 7.72. The van der Waals surface area contributed by atoms with Crippen LogP contribution in [-0.4, -0.2) is 64.5 Å². The summed E-state index contributed by atoms with van der Waals surface area (Å²) in [5, 5.41) is 7.71. The zero-order valence-electron chi connectivity index (χ0n) is 17.0. The Bertz CT molecular complexity index is 603. The third-order valence-electron chi connectivity index (χ3n) is 5.40. The summed E-state index contributed by atoms with van der Waals surface area (Å²) in [6.07, 6.45) is 5.73. The molecule has 0 aromatic carbocycles. The second-order valence-electron chi connectivity index (χ2n) is 7.72. The van der Waals surface area contributed by atoms with Gasteiger partial charge in [0.15, 0.2) is 0 Å². The Kier molecular flexibility index (Phi) is 7.52. The maximum Gasteiger partial charge on any atom is 0.317 e. The van der Waals surface area contributed by atoms with E-state index in [1.165, 1.54) is 18.5 Å². The minimum Gasteiger partial charge on any atom is -0.376 e. The highest BCUT2D eigenvalue weighted by molar-refractivity contribution is 5.74. The van der Waals surface area contributed by atoms with E-state index in [2.05, 4.69) is 39.9 Å². The smallest absolute Gasteiger partial charge is 0.317 e. The molecule has 0 aliphatic carbocycles. The third-order valence-corrected chi connectivity index (χ3v) is 5.40. The first kappa shape index (κ1) is 20.1. The van der Waals surface area contributed by atoms with Gasteiger partial charge in [-0.3, -0.25) is 9.58 Å². The van der Waals surface area contributed by atoms with Gasteiger partial charge in [0.1, 0.15) is 0 Å². The highest BCUT2D eigenvalue weighted by Crippen LogP contribution is 2.16. The summed E-state index contributed by atoms with van der Waals surface area (Å²) in [6, 6.07) is 2.14. The predicted octanol–water partition coefficient (Wildman–Crippen LogP) is 2.60. The number of amides is 2. The molecule has 0 radical (unpaired) electrons. The fourth-order valence-electron chi connectivity index (χ4n) is 3.86. The Morgan fingerprint density at radius 1 is 1.30 bits per heavy atom. The Morgan fingerprint density at radius 3 is 3.00 bits per heavy atom. The number of fused-ring (bicyclic) bond motifs is 1. The first-order valence-corrected chi connectivity index (χ1v) is 10.6. The molecular weight excluding hydrogens is 342 g/mol. The number of unbranched alkanes of at least 4 members (excludes halogenated alkanes) is 1. The molecule has 0 saturated carbocycles. The fraction of sp³-hybridized carbons (Fsp3) is 0.800. The van der Waals surface area contributed by atoms with Gasteiger partial charge in [0, 0.05) is 32.8 Å². The van der Waals surface area contributed by atoms with Crippen molar-refractivity contribution in [1.29, 1.82) is 0 Å². The number of carbonyl (C=O) groups is 1. The number of ether oxygens (including phenoxy) is 1. The summed E-state index contributed by atoms with van der Waals surface area (Å²) < 4.78 is 7.92. The van der Waals surface area contributed by atoms with Crippen LogP contribution in [0.1, 0.15) is 57.3 Å². The van der Waals surface area contributed by atoms with E-state index >= 15 is 0 Å². The van der Waals surface area contributed by atoms with E-state index in [4.69, 9.17) is 4.74 Å². The van der Waals surface area contributed by atoms with Crippen molar-refractivity contribution in [2.24, 2.45) is 0 Å². The van der Waals surface area contributed by atoms with E-state index in [1.54, 1.807) is 0 Å². The number of aromatic nitrogens is 2. The van der Waals surface area contributed by atoms with E-state index in [0.29, 0.717) is 13.1 Å². The van der Waals surface area contributed by atoms with Gasteiger partial charge in [-0.05, 0) is 38.3 Å². The van der Waals surface area contributed by atoms with Crippen molar-refractivity contribution >= 4 is 6.03 Å². The molecule has 2 aliphatic heterocycles. The first-order valence-electron chi connectivity index (χ1n) is 10.6. The molecule has 1 aromatic heterocycles. The average molecular weight is 378 g/mol. The maximum atomic E-state index is 12.5. The van der Waals surface area contributed by atoms with Gasteiger partial charge >= 0.3 is 6.03 Å². The number of urea groups is 1. The molecule has 7 heteroatoms. The lowest BCUT2D eigenvalue weighted by Crippen LogP contribution is -2.47. The molecule has 2 amide bonds. The number of hydrogen-bond acceptors (Lipinski definition) is 4. The molecule has 0 bridgehead atoms. The molecule has 1 aromatic rings. The summed E-state index contributed by atoms with van der Waals surface area (Å²) in [5.41, 5.74) is 2.21. The zero-order valence-corrected chi connectivity index (χ0v) is 17.0. The molecule has 1 fully saturated rings. The molecule has 0 unspecified atom stereocenters. The van der Waals surface area contributed by atoms with Gasteiger partial charge in [-0.15, -0.1) is 0 Å². The van der Waals surface area contributed by atoms with E-state index < -0.39 is 0 Å². The Labute approximate surface area is 163 Å². The van der Waals surface area contributed by atoms with Gasteiger partial charge in [-0.2, -0.15) is 5.10 Å². The van der Waals surface area contributed by atoms with Crippen LogP contribution in [0.5, 0.6) is 0 Å². The molecule has 3 heterocycles. The third kappa shape index (κ3) is 5.69. The van der Waals surface area contributed by atoms with Gasteiger partial charge in [0.05, 0.1) is 30.6 Å². The van der Waals surface area contributed by atoms with Crippen molar-refractivity contribution in [3.63, 3.8) is 0 Å². The molecule has 152 valence electrons. The van der Waals surface area contributed by atoms with Crippen LogP contribution in [0.4, 0.5) is 4.79 Å². The predicted molar refractivity (Wildman–Crippen MR) is 105 cm³/mol. The number of rotatable bonds is 8. The standard InChI is InChI=1S/C20H35N5O2/c1-3-5-8-23-10-11-25-18(15-23)13-17(22-25)14-21-20(26)24-9-6-7-19(16-24)27-12-4-2/h13,19H,3-12,14-16H2,1-2H3,(H,21,26)/t19-/m1/s1. The summed E-state index contributed by atoms with van der Waals surface area (Å²) in [6.45, 7) is 11.2. The fourth-order valence-corrected chi connectivity index (χ4v) is 3.86. The monoisotopic (exact) mass is 377 g/mol. The van der Waals surface area contributed by atoms with Crippen LogP contribution in [0, 0.1) is 0 Å². The van der Waals surface area contributed by atoms with E-state index in [1.807, 2.05) is 4.90 Å². The molecule has 27 heavy (non-hydrogen) atoms. The van der Waals surface area contributed by atoms with Crippen LogP contribution < -0.4 is 5.32 Å². The number of nitrogens with one attached hydrogen (secondary N) is 1. The average Bonchev–Trinajstić information content (AvgIpc) is 3.11. The molecule has 3 rings (SSSR count). The lowest BCUT2D eigenvalue weighted by atomic mass is 10.1. The van der Waals surface area contributed by atoms with Crippen molar-refractivity contribution in [2.45, 2.75) is 71.7 Å². The minimum absolute atomic E-state index is 0.00431. The topological polar surface area (TPSA) is 62.6 Å². The van der Waals surface area contributed by atoms with Gasteiger partial charge < -0.3 is 15.0 Å². The molecule has 2 aliphatic rings. The second kappa shape index (κ2) is 10.1. The quantitative estimate of drug-likeness (QED) is 0.756. The molecule has 0 spiro atoms. The zero-order chi connectivity index (χ0) is 19.1. The van der Waals surface area contributed by atoms with Crippen molar-refractivity contribution < 1.29 is 9.53 Å². The summed E-state index contributed by atoms with van der Waals surface area (Å²) in [7, 11) is 0. The normalized spacial score (nSPS) is 20.5. The minimum atomic E-state index is -0.00431. The number of piperidine rings is 1. The van der Waals surface area contributed by atoms with Gasteiger partial charge in [-0.1, -0.05) is 20.3 Å². The lowest BCUT2D eigenvalue weighted by molar-refractivity contribution is 0.01000. The van der Waals surface area contributed by atoms with Crippen molar-refractivity contribution in [3.05, 3.63) is 17.5 Å². The SMILES string of the molecule is CCCCN1CCn2nc(CNC(=O)N3CCC[C@@H](OCCC)C3)cc2C1. The van der Waals surface area contributed by atoms with Crippen LogP contribution in [0.3, 0.4) is 0 Å². The summed E-state index contributed by atoms with van der Waals surface area (Å²) >= 11 is 0. The van der Waals surface area contributed by atoms with Gasteiger partial charge in [0.2, 0.25) is 0 Å². The van der Waals surface area contributed by atoms with Crippen LogP contribution in [0.15, 0.2) is 6.07 Å². The van der Waals surface area contributed by atoms with Crippen LogP contribution in [0.2, 0.25) is 0 Å². The van der Waals surface area contributed by atoms with Crippen LogP contribution >= 0.6 is 0 Å². The molecule has 7 nitrogen and oxygen atoms in total. The number of hydrogen-bond donors (Lipinski definition) is 1. The van der Waals surface area contributed by atoms with E-state index in [0.717, 1.165) is 64.3 Å². The van der Waals surface area contributed by atoms with E-state index in [-0.39, 0.29) is 12.1 Å². The Hall–Kier alpha value is -1.60. The largest absolute Gasteiger partial charge is 0.376 e. The van der Waals surface area contributed by atoms with Crippen molar-refractivity contribution in [3.8, 4) is 0 Å². The van der Waals surface area contributed by atoms with Crippen molar-refractivity contribution in [1.82, 2.24) is 24.9 Å². The van der Waals surface area contributed by atoms with Crippen molar-refractivity contribution in [2.75, 3.05) is 32.8 Å². The van der Waals surface area contributed by atoms with Gasteiger partial charge in [-0.25, -0.2) is 4.79 Å². The van der Waals surface area contributed by atoms with Gasteiger partial charge in [0.25, 0.3) is 0 Å². The molecule has 1 N–H and O–H groups in total. The van der Waals surface area contributed by atoms with Crippen LogP contribution in [-0.2, 0) is 24.4 Å². The Balaban J connectivity index is 1.46. The first-order chi connectivity index (χ1) is 13.2. The van der Waals surface area contributed by atoms with E-state index in [9.17, 15) is 4.79 Å². The molecule has 1 saturated heterocycles. The van der Waals surface area contributed by atoms with Crippen LogP contribution in [0.25, 0.3) is 0 Å². The molecular formula is C20H35N5O2. The maximum absolute atomic E-state index is 12.5. The number of nitrogens with zero attached hydrogens (tertiary/aromatic N) is 4. The number of likely N-dealkylation sites (tertiary alicyclic amines) is 1. The Morgan fingerprint density at radius 2 is 2.19 bits per heavy atom. The highest BCUT2D eigenvalue weighted by Gasteiger charge is 2.24. The number of carbonyl (C=O) groups excluding carboxylic acids is 1. The summed E-state index contributed by atoms with van der Waals surface area (Å²) in [5.74, 6) is 0. The molecule has 1 atom stereocenters.